The summed E-state index contributed by atoms with van der Waals surface area (Å²) in [4.78, 5) is 17.0. The van der Waals surface area contributed by atoms with E-state index in [1.54, 1.807) is 10.9 Å². The summed E-state index contributed by atoms with van der Waals surface area (Å²) in [6.07, 6.45) is 5.45. The van der Waals surface area contributed by atoms with Gasteiger partial charge in [0.25, 0.3) is 5.56 Å². The van der Waals surface area contributed by atoms with E-state index in [0.29, 0.717) is 0 Å². The van der Waals surface area contributed by atoms with Crippen molar-refractivity contribution in [3.05, 3.63) is 40.4 Å². The highest BCUT2D eigenvalue weighted by molar-refractivity contribution is 5.78. The Bertz CT molecular complexity index is 662. The predicted octanol–water partition coefficient (Wildman–Crippen LogP) is 2.01. The molecule has 0 amide bonds. The summed E-state index contributed by atoms with van der Waals surface area (Å²) in [6.45, 7) is 2.09. The molecule has 1 aromatic heterocycles. The molecule has 2 N–H and O–H groups in total. The van der Waals surface area contributed by atoms with Crippen LogP contribution in [-0.2, 0) is 6.42 Å². The van der Waals surface area contributed by atoms with E-state index >= 15 is 0 Å². The summed E-state index contributed by atoms with van der Waals surface area (Å²) in [7, 11) is 0. The fourth-order valence-electron chi connectivity index (χ4n) is 2.91. The van der Waals surface area contributed by atoms with Crippen molar-refractivity contribution < 1.29 is 0 Å². The minimum absolute atomic E-state index is 0.0689. The number of hydrogen-bond acceptors (Lipinski definition) is 3. The molecule has 0 bridgehead atoms. The Morgan fingerprint density at radius 1 is 1.42 bits per heavy atom. The summed E-state index contributed by atoms with van der Waals surface area (Å²) in [5.74, 6) is 0. The van der Waals surface area contributed by atoms with Gasteiger partial charge in [-0.05, 0) is 43.4 Å². The first-order valence-corrected chi connectivity index (χ1v) is 6.94. The van der Waals surface area contributed by atoms with Crippen LogP contribution >= 0.6 is 0 Å². The SMILES string of the molecule is CCc1ccc2ncn([C@@H]3CC[C@@H](N)C3)c(=O)c2c1. The van der Waals surface area contributed by atoms with Gasteiger partial charge in [0.05, 0.1) is 17.2 Å². The normalized spacial score (nSPS) is 23.1. The first-order chi connectivity index (χ1) is 9.19. The van der Waals surface area contributed by atoms with Gasteiger partial charge in [0.1, 0.15) is 0 Å². The highest BCUT2D eigenvalue weighted by Crippen LogP contribution is 2.27. The number of hydrogen-bond donors (Lipinski definition) is 1. The van der Waals surface area contributed by atoms with Crippen molar-refractivity contribution in [2.45, 2.75) is 44.7 Å². The average molecular weight is 257 g/mol. The lowest BCUT2D eigenvalue weighted by molar-refractivity contribution is 0.491. The minimum atomic E-state index is 0.0689. The second-order valence-corrected chi connectivity index (χ2v) is 5.39. The van der Waals surface area contributed by atoms with Crippen molar-refractivity contribution in [2.75, 3.05) is 0 Å². The maximum atomic E-state index is 12.6. The number of nitrogens with two attached hydrogens (primary N) is 1. The van der Waals surface area contributed by atoms with Crippen LogP contribution in [0, 0.1) is 0 Å². The van der Waals surface area contributed by atoms with E-state index in [0.717, 1.165) is 36.6 Å². The maximum absolute atomic E-state index is 12.6. The number of nitrogens with zero attached hydrogens (tertiary/aromatic N) is 2. The maximum Gasteiger partial charge on any atom is 0.261 e. The summed E-state index contributed by atoms with van der Waals surface area (Å²) < 4.78 is 1.77. The Morgan fingerprint density at radius 3 is 2.95 bits per heavy atom. The molecule has 100 valence electrons. The number of fused-ring (bicyclic) bond motifs is 1. The Balaban J connectivity index is 2.11. The van der Waals surface area contributed by atoms with Gasteiger partial charge >= 0.3 is 0 Å². The molecular formula is C15H19N3O. The van der Waals surface area contributed by atoms with E-state index in [9.17, 15) is 4.79 Å². The van der Waals surface area contributed by atoms with Crippen LogP contribution in [0.4, 0.5) is 0 Å². The van der Waals surface area contributed by atoms with E-state index in [2.05, 4.69) is 11.9 Å². The monoisotopic (exact) mass is 257 g/mol. The van der Waals surface area contributed by atoms with Gasteiger partial charge in [-0.3, -0.25) is 9.36 Å². The fourth-order valence-corrected chi connectivity index (χ4v) is 2.91. The molecule has 4 nitrogen and oxygen atoms in total. The molecule has 0 aliphatic heterocycles. The van der Waals surface area contributed by atoms with Gasteiger partial charge in [-0.2, -0.15) is 0 Å². The minimum Gasteiger partial charge on any atom is -0.328 e. The van der Waals surface area contributed by atoms with Crippen molar-refractivity contribution in [3.63, 3.8) is 0 Å². The summed E-state index contributed by atoms with van der Waals surface area (Å²) in [5, 5.41) is 0.724. The standard InChI is InChI=1S/C15H19N3O/c1-2-10-3-6-14-13(7-10)15(19)18(9-17-14)12-5-4-11(16)8-12/h3,6-7,9,11-12H,2,4-5,8,16H2,1H3/t11-,12-/m1/s1. The largest absolute Gasteiger partial charge is 0.328 e. The van der Waals surface area contributed by atoms with Gasteiger partial charge < -0.3 is 5.73 Å². The van der Waals surface area contributed by atoms with Gasteiger partial charge in [-0.1, -0.05) is 13.0 Å². The quantitative estimate of drug-likeness (QED) is 0.895. The number of aromatic nitrogens is 2. The molecule has 1 aromatic carbocycles. The van der Waals surface area contributed by atoms with Crippen molar-refractivity contribution in [2.24, 2.45) is 5.73 Å². The molecule has 4 heteroatoms. The van der Waals surface area contributed by atoms with Crippen LogP contribution in [0.1, 0.15) is 37.8 Å². The third-order valence-corrected chi connectivity index (χ3v) is 4.09. The molecule has 1 fully saturated rings. The first-order valence-electron chi connectivity index (χ1n) is 6.94. The summed E-state index contributed by atoms with van der Waals surface area (Å²) in [6, 6.07) is 6.36. The zero-order chi connectivity index (χ0) is 13.4. The van der Waals surface area contributed by atoms with Gasteiger partial charge in [-0.25, -0.2) is 4.98 Å². The van der Waals surface area contributed by atoms with E-state index < -0.39 is 0 Å². The smallest absolute Gasteiger partial charge is 0.261 e. The Hall–Kier alpha value is -1.68. The van der Waals surface area contributed by atoms with E-state index in [1.807, 2.05) is 18.2 Å². The zero-order valence-corrected chi connectivity index (χ0v) is 11.2. The fraction of sp³-hybridized carbons (Fsp3) is 0.467. The van der Waals surface area contributed by atoms with Crippen LogP contribution in [-0.4, -0.2) is 15.6 Å². The molecule has 2 aromatic rings. The van der Waals surface area contributed by atoms with Crippen molar-refractivity contribution in [1.29, 1.82) is 0 Å². The second-order valence-electron chi connectivity index (χ2n) is 5.39. The Morgan fingerprint density at radius 2 is 2.26 bits per heavy atom. The van der Waals surface area contributed by atoms with Crippen LogP contribution in [0.2, 0.25) is 0 Å². The predicted molar refractivity (Wildman–Crippen MR) is 76.2 cm³/mol. The summed E-state index contributed by atoms with van der Waals surface area (Å²) >= 11 is 0. The molecule has 1 heterocycles. The van der Waals surface area contributed by atoms with Gasteiger partial charge in [0.2, 0.25) is 0 Å². The molecule has 1 saturated carbocycles. The lowest BCUT2D eigenvalue weighted by Crippen LogP contribution is -2.25. The van der Waals surface area contributed by atoms with Crippen LogP contribution in [0.3, 0.4) is 0 Å². The van der Waals surface area contributed by atoms with Crippen molar-refractivity contribution in [1.82, 2.24) is 9.55 Å². The van der Waals surface area contributed by atoms with Crippen LogP contribution in [0.5, 0.6) is 0 Å². The number of aryl methyl sites for hydroxylation is 1. The van der Waals surface area contributed by atoms with Gasteiger partial charge in [0.15, 0.2) is 0 Å². The van der Waals surface area contributed by atoms with Gasteiger partial charge in [0, 0.05) is 12.1 Å². The zero-order valence-electron chi connectivity index (χ0n) is 11.2. The van der Waals surface area contributed by atoms with Crippen LogP contribution in [0.25, 0.3) is 10.9 Å². The van der Waals surface area contributed by atoms with Gasteiger partial charge in [-0.15, -0.1) is 0 Å². The van der Waals surface area contributed by atoms with Crippen molar-refractivity contribution in [3.8, 4) is 0 Å². The highest BCUT2D eigenvalue weighted by atomic mass is 16.1. The first kappa shape index (κ1) is 12.4. The van der Waals surface area contributed by atoms with E-state index in [1.165, 1.54) is 5.56 Å². The Kier molecular flexibility index (Phi) is 3.11. The molecule has 0 unspecified atom stereocenters. The molecule has 0 saturated heterocycles. The topological polar surface area (TPSA) is 60.9 Å². The molecule has 1 aliphatic rings. The molecule has 1 aliphatic carbocycles. The molecular weight excluding hydrogens is 238 g/mol. The van der Waals surface area contributed by atoms with E-state index in [-0.39, 0.29) is 17.6 Å². The lowest BCUT2D eigenvalue weighted by Gasteiger charge is -2.14. The number of rotatable bonds is 2. The Labute approximate surface area is 112 Å². The second kappa shape index (κ2) is 4.78. The lowest BCUT2D eigenvalue weighted by atomic mass is 10.1. The average Bonchev–Trinajstić information content (AvgIpc) is 2.85. The van der Waals surface area contributed by atoms with Crippen molar-refractivity contribution >= 4 is 10.9 Å². The van der Waals surface area contributed by atoms with Crippen LogP contribution in [0.15, 0.2) is 29.3 Å². The summed E-state index contributed by atoms with van der Waals surface area (Å²) in [5.41, 5.74) is 7.96. The van der Waals surface area contributed by atoms with Crippen LogP contribution < -0.4 is 11.3 Å². The highest BCUT2D eigenvalue weighted by Gasteiger charge is 2.24. The van der Waals surface area contributed by atoms with E-state index in [4.69, 9.17) is 5.73 Å². The molecule has 2 atom stereocenters. The molecule has 0 spiro atoms. The molecule has 19 heavy (non-hydrogen) atoms. The molecule has 0 radical (unpaired) electrons. The third kappa shape index (κ3) is 2.16. The third-order valence-electron chi connectivity index (χ3n) is 4.09. The molecule has 3 rings (SSSR count). The number of benzene rings is 1.